The first-order chi connectivity index (χ1) is 9.29. The van der Waals surface area contributed by atoms with Crippen molar-refractivity contribution in [3.8, 4) is 9.88 Å². The van der Waals surface area contributed by atoms with Gasteiger partial charge < -0.3 is 5.73 Å². The molecule has 2 N–H and O–H groups in total. The minimum atomic E-state index is 0.813. The SMILES string of the molecule is Nc1ccc2nc(-c3cc4c(s3)CCCC4)sc2c1. The molecule has 4 rings (SSSR count). The highest BCUT2D eigenvalue weighted by Crippen LogP contribution is 2.39. The van der Waals surface area contributed by atoms with Crippen LogP contribution in [0.3, 0.4) is 0 Å². The molecule has 2 heterocycles. The summed E-state index contributed by atoms with van der Waals surface area (Å²) in [7, 11) is 0. The zero-order valence-electron chi connectivity index (χ0n) is 10.5. The van der Waals surface area contributed by atoms with Crippen molar-refractivity contribution in [2.24, 2.45) is 0 Å². The normalized spacial score (nSPS) is 14.7. The molecule has 96 valence electrons. The Hall–Kier alpha value is -1.39. The monoisotopic (exact) mass is 286 g/mol. The standard InChI is InChI=1S/C15H14N2S2/c16-10-5-6-11-13(8-10)19-15(17-11)14-7-9-3-1-2-4-12(9)18-14/h5-8H,1-4,16H2. The van der Waals surface area contributed by atoms with Crippen LogP contribution < -0.4 is 5.73 Å². The van der Waals surface area contributed by atoms with Gasteiger partial charge in [-0.1, -0.05) is 0 Å². The third-order valence-corrected chi connectivity index (χ3v) is 6.04. The van der Waals surface area contributed by atoms with E-state index in [-0.39, 0.29) is 0 Å². The van der Waals surface area contributed by atoms with Crippen LogP contribution >= 0.6 is 22.7 Å². The number of fused-ring (bicyclic) bond motifs is 2. The van der Waals surface area contributed by atoms with E-state index < -0.39 is 0 Å². The van der Waals surface area contributed by atoms with Gasteiger partial charge in [0, 0.05) is 10.6 Å². The van der Waals surface area contributed by atoms with Crippen molar-refractivity contribution in [2.45, 2.75) is 25.7 Å². The third kappa shape index (κ3) is 1.95. The van der Waals surface area contributed by atoms with Crippen LogP contribution in [-0.4, -0.2) is 4.98 Å². The molecule has 0 amide bonds. The lowest BCUT2D eigenvalue weighted by atomic mass is 9.99. The Morgan fingerprint density at radius 1 is 1.05 bits per heavy atom. The van der Waals surface area contributed by atoms with Crippen molar-refractivity contribution in [2.75, 3.05) is 5.73 Å². The molecule has 0 bridgehead atoms. The summed E-state index contributed by atoms with van der Waals surface area (Å²) in [6, 6.07) is 8.30. The minimum absolute atomic E-state index is 0.813. The number of thiazole rings is 1. The van der Waals surface area contributed by atoms with Crippen LogP contribution in [0.25, 0.3) is 20.1 Å². The summed E-state index contributed by atoms with van der Waals surface area (Å²) in [5.41, 5.74) is 9.25. The van der Waals surface area contributed by atoms with Gasteiger partial charge in [-0.05, 0) is 55.5 Å². The largest absolute Gasteiger partial charge is 0.399 e. The van der Waals surface area contributed by atoms with Crippen LogP contribution in [0.2, 0.25) is 0 Å². The lowest BCUT2D eigenvalue weighted by molar-refractivity contribution is 0.697. The van der Waals surface area contributed by atoms with Gasteiger partial charge in [-0.15, -0.1) is 22.7 Å². The fourth-order valence-electron chi connectivity index (χ4n) is 2.64. The summed E-state index contributed by atoms with van der Waals surface area (Å²) in [6.07, 6.45) is 5.16. The maximum Gasteiger partial charge on any atom is 0.134 e. The second kappa shape index (κ2) is 4.32. The quantitative estimate of drug-likeness (QED) is 0.670. The van der Waals surface area contributed by atoms with Gasteiger partial charge in [-0.3, -0.25) is 0 Å². The van der Waals surface area contributed by atoms with Crippen molar-refractivity contribution < 1.29 is 0 Å². The predicted molar refractivity (Wildman–Crippen MR) is 84.0 cm³/mol. The van der Waals surface area contributed by atoms with Gasteiger partial charge in [0.25, 0.3) is 0 Å². The van der Waals surface area contributed by atoms with Crippen LogP contribution in [0.15, 0.2) is 24.3 Å². The molecule has 4 heteroatoms. The molecular formula is C15H14N2S2. The van der Waals surface area contributed by atoms with E-state index in [0.29, 0.717) is 0 Å². The third-order valence-electron chi connectivity index (χ3n) is 3.62. The number of benzene rings is 1. The number of aromatic nitrogens is 1. The van der Waals surface area contributed by atoms with E-state index in [1.165, 1.54) is 35.3 Å². The van der Waals surface area contributed by atoms with Crippen LogP contribution in [0.4, 0.5) is 5.69 Å². The molecule has 0 aliphatic heterocycles. The Morgan fingerprint density at radius 3 is 2.84 bits per heavy atom. The van der Waals surface area contributed by atoms with Gasteiger partial charge >= 0.3 is 0 Å². The Balaban J connectivity index is 1.83. The average molecular weight is 286 g/mol. The van der Waals surface area contributed by atoms with Gasteiger partial charge in [0.05, 0.1) is 15.1 Å². The van der Waals surface area contributed by atoms with E-state index in [4.69, 9.17) is 10.7 Å². The first-order valence-electron chi connectivity index (χ1n) is 6.57. The highest BCUT2D eigenvalue weighted by Gasteiger charge is 2.16. The van der Waals surface area contributed by atoms with Gasteiger partial charge in [0.2, 0.25) is 0 Å². The Labute approximate surface area is 119 Å². The van der Waals surface area contributed by atoms with Crippen molar-refractivity contribution >= 4 is 38.6 Å². The molecule has 0 atom stereocenters. The number of hydrogen-bond donors (Lipinski definition) is 1. The fourth-order valence-corrected chi connectivity index (χ4v) is 4.96. The number of thiophene rings is 1. The fraction of sp³-hybridized carbons (Fsp3) is 0.267. The van der Waals surface area contributed by atoms with Gasteiger partial charge in [-0.2, -0.15) is 0 Å². The average Bonchev–Trinajstić information content (AvgIpc) is 3.00. The Morgan fingerprint density at radius 2 is 1.95 bits per heavy atom. The molecule has 1 aliphatic carbocycles. The summed E-state index contributed by atoms with van der Waals surface area (Å²) in [5, 5.41) is 1.14. The molecular weight excluding hydrogens is 272 g/mol. The van der Waals surface area contributed by atoms with E-state index in [2.05, 4.69) is 6.07 Å². The Kier molecular flexibility index (Phi) is 2.60. The van der Waals surface area contributed by atoms with Crippen molar-refractivity contribution in [3.05, 3.63) is 34.7 Å². The van der Waals surface area contributed by atoms with Crippen LogP contribution in [-0.2, 0) is 12.8 Å². The van der Waals surface area contributed by atoms with Crippen molar-refractivity contribution in [3.63, 3.8) is 0 Å². The number of nitrogen functional groups attached to an aromatic ring is 1. The molecule has 0 unspecified atom stereocenters. The number of aryl methyl sites for hydroxylation is 2. The predicted octanol–water partition coefficient (Wildman–Crippen LogP) is 4.49. The highest BCUT2D eigenvalue weighted by molar-refractivity contribution is 7.25. The lowest BCUT2D eigenvalue weighted by Crippen LogP contribution is -1.96. The van der Waals surface area contributed by atoms with Gasteiger partial charge in [0.15, 0.2) is 0 Å². The number of rotatable bonds is 1. The van der Waals surface area contributed by atoms with E-state index in [0.717, 1.165) is 16.2 Å². The second-order valence-corrected chi connectivity index (χ2v) is 7.18. The van der Waals surface area contributed by atoms with E-state index in [1.54, 1.807) is 21.8 Å². The number of anilines is 1. The molecule has 0 radical (unpaired) electrons. The van der Waals surface area contributed by atoms with E-state index in [9.17, 15) is 0 Å². The van der Waals surface area contributed by atoms with Crippen LogP contribution in [0.5, 0.6) is 0 Å². The number of nitrogens with two attached hydrogens (primary N) is 1. The topological polar surface area (TPSA) is 38.9 Å². The summed E-state index contributed by atoms with van der Waals surface area (Å²) in [6.45, 7) is 0. The van der Waals surface area contributed by atoms with Crippen LogP contribution in [0, 0.1) is 0 Å². The van der Waals surface area contributed by atoms with Gasteiger partial charge in [-0.25, -0.2) is 4.98 Å². The maximum atomic E-state index is 5.83. The molecule has 0 spiro atoms. The van der Waals surface area contributed by atoms with Crippen molar-refractivity contribution in [1.82, 2.24) is 4.98 Å². The summed E-state index contributed by atoms with van der Waals surface area (Å²) in [5.74, 6) is 0. The molecule has 0 saturated heterocycles. The molecule has 2 nitrogen and oxygen atoms in total. The number of nitrogens with zero attached hydrogens (tertiary/aromatic N) is 1. The van der Waals surface area contributed by atoms with Gasteiger partial charge in [0.1, 0.15) is 5.01 Å². The summed E-state index contributed by atoms with van der Waals surface area (Å²) >= 11 is 3.67. The molecule has 1 aromatic carbocycles. The lowest BCUT2D eigenvalue weighted by Gasteiger charge is -2.08. The minimum Gasteiger partial charge on any atom is -0.399 e. The van der Waals surface area contributed by atoms with E-state index >= 15 is 0 Å². The Bertz CT molecular complexity index is 731. The molecule has 3 aromatic rings. The zero-order valence-corrected chi connectivity index (χ0v) is 12.1. The second-order valence-electron chi connectivity index (χ2n) is 5.01. The smallest absolute Gasteiger partial charge is 0.134 e. The first-order valence-corrected chi connectivity index (χ1v) is 8.21. The van der Waals surface area contributed by atoms with Crippen molar-refractivity contribution in [1.29, 1.82) is 0 Å². The summed E-state index contributed by atoms with van der Waals surface area (Å²) < 4.78 is 1.18. The molecule has 2 aromatic heterocycles. The molecule has 19 heavy (non-hydrogen) atoms. The van der Waals surface area contributed by atoms with E-state index in [1.807, 2.05) is 29.5 Å². The summed E-state index contributed by atoms with van der Waals surface area (Å²) in [4.78, 5) is 7.64. The number of hydrogen-bond acceptors (Lipinski definition) is 4. The molecule has 0 saturated carbocycles. The van der Waals surface area contributed by atoms with Crippen LogP contribution in [0.1, 0.15) is 23.3 Å². The first kappa shape index (κ1) is 11.4. The molecule has 0 fully saturated rings. The highest BCUT2D eigenvalue weighted by atomic mass is 32.1. The molecule has 1 aliphatic rings. The maximum absolute atomic E-state index is 5.83. The zero-order chi connectivity index (χ0) is 12.8.